The Labute approximate surface area is 295 Å². The Bertz CT molecular complexity index is 750. The minimum absolute atomic E-state index is 0.0184. The maximum Gasteiger partial charge on any atom is 0.248 e. The summed E-state index contributed by atoms with van der Waals surface area (Å²) in [4.78, 5) is 16.0. The molecule has 0 aromatic heterocycles. The van der Waals surface area contributed by atoms with Gasteiger partial charge in [0.05, 0.1) is 64.1 Å². The summed E-state index contributed by atoms with van der Waals surface area (Å²) >= 11 is 0. The SMILES string of the molecule is CCCCCCCCN(CCCCCCCC)C(=O)COC1(CCC)COC2CCCCC2OCCOCCOC2CCCCC2OC1. The summed E-state index contributed by atoms with van der Waals surface area (Å²) in [6, 6.07) is 0. The van der Waals surface area contributed by atoms with E-state index >= 15 is 0 Å². The van der Waals surface area contributed by atoms with Crippen molar-refractivity contribution in [2.24, 2.45) is 0 Å². The van der Waals surface area contributed by atoms with Gasteiger partial charge in [-0.25, -0.2) is 0 Å². The van der Waals surface area contributed by atoms with Crippen LogP contribution in [0.2, 0.25) is 0 Å². The molecule has 1 heterocycles. The van der Waals surface area contributed by atoms with E-state index in [1.165, 1.54) is 64.2 Å². The second-order valence-electron chi connectivity index (χ2n) is 14.8. The van der Waals surface area contributed by atoms with E-state index in [1.54, 1.807) is 0 Å². The summed E-state index contributed by atoms with van der Waals surface area (Å²) in [5.74, 6) is 0.109. The highest BCUT2D eigenvalue weighted by atomic mass is 16.6. The Balaban J connectivity index is 1.70. The van der Waals surface area contributed by atoms with E-state index in [9.17, 15) is 4.79 Å². The molecule has 0 N–H and O–H groups in total. The van der Waals surface area contributed by atoms with Crippen LogP contribution in [0.3, 0.4) is 0 Å². The van der Waals surface area contributed by atoms with Gasteiger partial charge in [0.25, 0.3) is 0 Å². The molecule has 0 aromatic carbocycles. The van der Waals surface area contributed by atoms with Crippen molar-refractivity contribution in [3.63, 3.8) is 0 Å². The molecule has 0 bridgehead atoms. The lowest BCUT2D eigenvalue weighted by Crippen LogP contribution is -2.50. The fourth-order valence-electron chi connectivity index (χ4n) is 7.66. The number of rotatable bonds is 19. The van der Waals surface area contributed by atoms with Crippen LogP contribution in [0.15, 0.2) is 0 Å². The molecule has 1 saturated heterocycles. The van der Waals surface area contributed by atoms with Gasteiger partial charge < -0.3 is 33.3 Å². The van der Waals surface area contributed by atoms with Gasteiger partial charge in [0.2, 0.25) is 5.91 Å². The Morgan fingerprint density at radius 3 is 1.48 bits per heavy atom. The average Bonchev–Trinajstić information content (AvgIpc) is 3.10. The van der Waals surface area contributed by atoms with Gasteiger partial charge in [-0.2, -0.15) is 0 Å². The molecule has 282 valence electrons. The molecule has 8 heteroatoms. The third kappa shape index (κ3) is 16.5. The predicted molar refractivity (Wildman–Crippen MR) is 194 cm³/mol. The normalized spacial score (nSPS) is 28.0. The summed E-state index contributed by atoms with van der Waals surface area (Å²) < 4.78 is 38.7. The van der Waals surface area contributed by atoms with Crippen LogP contribution in [0, 0.1) is 0 Å². The number of fused-ring (bicyclic) bond motifs is 2. The molecule has 48 heavy (non-hydrogen) atoms. The minimum Gasteiger partial charge on any atom is -0.377 e. The molecule has 0 radical (unpaired) electrons. The van der Waals surface area contributed by atoms with Crippen LogP contribution in [-0.4, -0.2) is 100 Å². The van der Waals surface area contributed by atoms with E-state index < -0.39 is 5.60 Å². The molecule has 1 amide bonds. The van der Waals surface area contributed by atoms with Crippen molar-refractivity contribution in [2.75, 3.05) is 59.3 Å². The molecule has 2 aliphatic carbocycles. The van der Waals surface area contributed by atoms with E-state index in [0.29, 0.717) is 39.6 Å². The van der Waals surface area contributed by atoms with E-state index in [0.717, 1.165) is 90.1 Å². The van der Waals surface area contributed by atoms with Crippen molar-refractivity contribution in [1.29, 1.82) is 0 Å². The first-order chi connectivity index (χ1) is 23.6. The lowest BCUT2D eigenvalue weighted by molar-refractivity contribution is -0.198. The van der Waals surface area contributed by atoms with Crippen molar-refractivity contribution in [2.45, 2.75) is 192 Å². The molecule has 3 fully saturated rings. The van der Waals surface area contributed by atoms with Crippen LogP contribution < -0.4 is 0 Å². The average molecular weight is 682 g/mol. The summed E-state index contributed by atoms with van der Waals surface area (Å²) in [5.41, 5.74) is -0.694. The number of unbranched alkanes of at least 4 members (excludes halogenated alkanes) is 10. The molecular formula is C40H75NO7. The van der Waals surface area contributed by atoms with E-state index in [4.69, 9.17) is 28.4 Å². The molecule has 8 nitrogen and oxygen atoms in total. The van der Waals surface area contributed by atoms with Gasteiger partial charge in [-0.3, -0.25) is 4.79 Å². The smallest absolute Gasteiger partial charge is 0.248 e. The number of amides is 1. The zero-order valence-corrected chi connectivity index (χ0v) is 31.5. The molecular weight excluding hydrogens is 606 g/mol. The number of nitrogens with zero attached hydrogens (tertiary/aromatic N) is 1. The Morgan fingerprint density at radius 2 is 1.02 bits per heavy atom. The molecule has 3 rings (SSSR count). The Morgan fingerprint density at radius 1 is 0.583 bits per heavy atom. The van der Waals surface area contributed by atoms with E-state index in [-0.39, 0.29) is 36.9 Å². The number of hydrogen-bond donors (Lipinski definition) is 0. The fraction of sp³-hybridized carbons (Fsp3) is 0.975. The molecule has 1 aliphatic heterocycles. The summed E-state index contributed by atoms with van der Waals surface area (Å²) in [7, 11) is 0. The molecule has 0 spiro atoms. The first kappa shape index (κ1) is 41.6. The first-order valence-electron chi connectivity index (χ1n) is 20.6. The maximum absolute atomic E-state index is 13.9. The lowest BCUT2D eigenvalue weighted by atomic mass is 9.93. The van der Waals surface area contributed by atoms with Crippen LogP contribution in [0.25, 0.3) is 0 Å². The molecule has 2 saturated carbocycles. The van der Waals surface area contributed by atoms with Crippen molar-refractivity contribution in [1.82, 2.24) is 4.90 Å². The van der Waals surface area contributed by atoms with Crippen LogP contribution in [-0.2, 0) is 33.2 Å². The van der Waals surface area contributed by atoms with Gasteiger partial charge in [-0.05, 0) is 44.9 Å². The molecule has 4 atom stereocenters. The van der Waals surface area contributed by atoms with Gasteiger partial charge in [-0.1, -0.05) is 117 Å². The zero-order valence-electron chi connectivity index (χ0n) is 31.5. The number of carbonyl (C=O) groups excluding carboxylic acids is 1. The fourth-order valence-corrected chi connectivity index (χ4v) is 7.66. The van der Waals surface area contributed by atoms with Crippen LogP contribution in [0.1, 0.15) is 162 Å². The van der Waals surface area contributed by atoms with Crippen molar-refractivity contribution in [3.05, 3.63) is 0 Å². The van der Waals surface area contributed by atoms with Gasteiger partial charge in [-0.15, -0.1) is 0 Å². The van der Waals surface area contributed by atoms with Gasteiger partial charge in [0.1, 0.15) is 12.2 Å². The second kappa shape index (κ2) is 26.1. The number of hydrogen-bond acceptors (Lipinski definition) is 7. The van der Waals surface area contributed by atoms with E-state index in [1.807, 2.05) is 0 Å². The van der Waals surface area contributed by atoms with Gasteiger partial charge in [0.15, 0.2) is 0 Å². The number of ether oxygens (including phenoxy) is 6. The monoisotopic (exact) mass is 682 g/mol. The quantitative estimate of drug-likeness (QED) is 0.126. The third-order valence-corrected chi connectivity index (χ3v) is 10.6. The van der Waals surface area contributed by atoms with Crippen molar-refractivity contribution in [3.8, 4) is 0 Å². The summed E-state index contributed by atoms with van der Waals surface area (Å²) in [5, 5.41) is 0. The predicted octanol–water partition coefficient (Wildman–Crippen LogP) is 8.81. The Kier molecular flexibility index (Phi) is 22.6. The highest BCUT2D eigenvalue weighted by Gasteiger charge is 2.38. The third-order valence-electron chi connectivity index (χ3n) is 10.6. The summed E-state index contributed by atoms with van der Waals surface area (Å²) in [6.45, 7) is 11.5. The standard InChI is InChI=1S/C40H75NO7/c1-4-7-9-11-13-19-26-41(27-20-14-12-10-8-5-2)39(42)32-48-40(25-6-3)33-46-37-23-17-15-21-35(37)44-30-28-43-29-31-45-36-22-16-18-24-38(36)47-34-40/h35-38H,4-34H2,1-3H3. The molecule has 0 aromatic rings. The van der Waals surface area contributed by atoms with Crippen molar-refractivity contribution < 1.29 is 33.2 Å². The molecule has 3 aliphatic rings. The maximum atomic E-state index is 13.9. The Hall–Kier alpha value is -0.770. The van der Waals surface area contributed by atoms with Crippen LogP contribution in [0.5, 0.6) is 0 Å². The zero-order chi connectivity index (χ0) is 34.1. The molecule has 4 unspecified atom stereocenters. The number of carbonyl (C=O) groups is 1. The first-order valence-corrected chi connectivity index (χ1v) is 20.6. The highest BCUT2D eigenvalue weighted by molar-refractivity contribution is 5.77. The second-order valence-corrected chi connectivity index (χ2v) is 14.8. The van der Waals surface area contributed by atoms with Crippen molar-refractivity contribution >= 4 is 5.91 Å². The highest BCUT2D eigenvalue weighted by Crippen LogP contribution is 2.30. The van der Waals surface area contributed by atoms with E-state index in [2.05, 4.69) is 25.7 Å². The van der Waals surface area contributed by atoms with Gasteiger partial charge >= 0.3 is 0 Å². The lowest BCUT2D eigenvalue weighted by Gasteiger charge is -2.40. The van der Waals surface area contributed by atoms with Crippen LogP contribution in [0.4, 0.5) is 0 Å². The topological polar surface area (TPSA) is 75.7 Å². The van der Waals surface area contributed by atoms with Gasteiger partial charge in [0, 0.05) is 13.1 Å². The largest absolute Gasteiger partial charge is 0.377 e. The summed E-state index contributed by atoms with van der Waals surface area (Å²) in [6.07, 6.45) is 25.1. The minimum atomic E-state index is -0.694. The van der Waals surface area contributed by atoms with Crippen LogP contribution >= 0.6 is 0 Å².